The highest BCUT2D eigenvalue weighted by Gasteiger charge is 2.21. The Morgan fingerprint density at radius 2 is 0.579 bits per heavy atom. The minimum atomic E-state index is 0.805. The van der Waals surface area contributed by atoms with Crippen molar-refractivity contribution in [3.8, 4) is 0 Å². The van der Waals surface area contributed by atoms with Gasteiger partial charge in [0, 0.05) is 26.4 Å². The highest BCUT2D eigenvalue weighted by atomic mass is 16.5. The lowest BCUT2D eigenvalue weighted by molar-refractivity contribution is 0.0477. The molecule has 0 radical (unpaired) electrons. The molecule has 0 atom stereocenters. The highest BCUT2D eigenvalue weighted by molar-refractivity contribution is 4.72. The van der Waals surface area contributed by atoms with Crippen molar-refractivity contribution >= 4 is 0 Å². The van der Waals surface area contributed by atoms with E-state index in [1.807, 2.05) is 0 Å². The van der Waals surface area contributed by atoms with Crippen LogP contribution in [-0.2, 0) is 9.47 Å². The Kier molecular flexibility index (Phi) is 28.3. The van der Waals surface area contributed by atoms with Crippen molar-refractivity contribution in [1.29, 1.82) is 0 Å². The summed E-state index contributed by atoms with van der Waals surface area (Å²) < 4.78 is 12.1. The largest absolute Gasteiger partial charge is 0.381 e. The molecule has 228 valence electrons. The minimum Gasteiger partial charge on any atom is -0.381 e. The third-order valence-corrected chi connectivity index (χ3v) is 8.96. The van der Waals surface area contributed by atoms with Crippen molar-refractivity contribution in [1.82, 2.24) is 0 Å². The lowest BCUT2D eigenvalue weighted by Gasteiger charge is -2.28. The topological polar surface area (TPSA) is 18.5 Å². The van der Waals surface area contributed by atoms with Crippen LogP contribution in [0.3, 0.4) is 0 Å². The normalized spacial score (nSPS) is 17.8. The minimum absolute atomic E-state index is 0.805. The predicted molar refractivity (Wildman–Crippen MR) is 169 cm³/mol. The van der Waals surface area contributed by atoms with Crippen molar-refractivity contribution in [2.45, 2.75) is 194 Å². The van der Waals surface area contributed by atoms with E-state index in [1.54, 1.807) is 0 Å². The van der Waals surface area contributed by atoms with Gasteiger partial charge in [0.15, 0.2) is 0 Å². The molecule has 1 aliphatic carbocycles. The molecule has 0 bridgehead atoms. The van der Waals surface area contributed by atoms with Crippen molar-refractivity contribution in [3.63, 3.8) is 0 Å². The lowest BCUT2D eigenvalue weighted by Crippen LogP contribution is -2.22. The molecular formula is C36H72O2. The zero-order valence-electron chi connectivity index (χ0n) is 26.6. The van der Waals surface area contributed by atoms with E-state index < -0.39 is 0 Å². The Hall–Kier alpha value is -0.0800. The van der Waals surface area contributed by atoms with Crippen LogP contribution in [0.2, 0.25) is 0 Å². The van der Waals surface area contributed by atoms with Crippen LogP contribution in [0.5, 0.6) is 0 Å². The maximum atomic E-state index is 6.06. The molecule has 38 heavy (non-hydrogen) atoms. The van der Waals surface area contributed by atoms with Gasteiger partial charge in [-0.25, -0.2) is 0 Å². The average molecular weight is 537 g/mol. The van der Waals surface area contributed by atoms with Crippen molar-refractivity contribution in [2.75, 3.05) is 26.4 Å². The first-order valence-electron chi connectivity index (χ1n) is 18.0. The number of hydrogen-bond donors (Lipinski definition) is 0. The van der Waals surface area contributed by atoms with E-state index in [0.717, 1.165) is 38.3 Å². The number of ether oxygens (including phenoxy) is 2. The molecule has 0 unspecified atom stereocenters. The molecule has 0 amide bonds. The van der Waals surface area contributed by atoms with Gasteiger partial charge in [0.25, 0.3) is 0 Å². The van der Waals surface area contributed by atoms with Gasteiger partial charge in [0.1, 0.15) is 0 Å². The van der Waals surface area contributed by atoms with Crippen LogP contribution in [-0.4, -0.2) is 26.4 Å². The molecule has 0 saturated heterocycles. The van der Waals surface area contributed by atoms with Crippen molar-refractivity contribution < 1.29 is 9.47 Å². The number of hydrogen-bond acceptors (Lipinski definition) is 2. The molecule has 0 aliphatic heterocycles. The second-order valence-electron chi connectivity index (χ2n) is 12.8. The van der Waals surface area contributed by atoms with Gasteiger partial charge in [-0.2, -0.15) is 0 Å². The molecule has 0 N–H and O–H groups in total. The summed E-state index contributed by atoms with van der Waals surface area (Å²) in [6, 6.07) is 0. The van der Waals surface area contributed by atoms with Gasteiger partial charge < -0.3 is 9.47 Å². The average Bonchev–Trinajstić information content (AvgIpc) is 2.94. The molecule has 0 spiro atoms. The molecule has 1 rings (SSSR count). The van der Waals surface area contributed by atoms with Crippen molar-refractivity contribution in [2.24, 2.45) is 11.8 Å². The van der Waals surface area contributed by atoms with Gasteiger partial charge in [-0.15, -0.1) is 0 Å². The van der Waals surface area contributed by atoms with Gasteiger partial charge in [0.05, 0.1) is 0 Å². The molecular weight excluding hydrogens is 464 g/mol. The first-order valence-corrected chi connectivity index (χ1v) is 18.0. The Bertz CT molecular complexity index is 389. The Morgan fingerprint density at radius 1 is 0.342 bits per heavy atom. The summed E-state index contributed by atoms with van der Waals surface area (Å²) in [6.07, 6.45) is 39.4. The smallest absolute Gasteiger partial charge is 0.0494 e. The van der Waals surface area contributed by atoms with E-state index >= 15 is 0 Å². The maximum absolute atomic E-state index is 6.06. The summed E-state index contributed by atoms with van der Waals surface area (Å²) in [4.78, 5) is 0. The van der Waals surface area contributed by atoms with E-state index in [1.165, 1.54) is 180 Å². The fourth-order valence-corrected chi connectivity index (χ4v) is 6.16. The van der Waals surface area contributed by atoms with Crippen LogP contribution in [0, 0.1) is 11.8 Å². The van der Waals surface area contributed by atoms with E-state index in [0.29, 0.717) is 0 Å². The van der Waals surface area contributed by atoms with Crippen LogP contribution >= 0.6 is 0 Å². The van der Waals surface area contributed by atoms with Crippen LogP contribution in [0.1, 0.15) is 194 Å². The van der Waals surface area contributed by atoms with Gasteiger partial charge in [-0.1, -0.05) is 155 Å². The zero-order chi connectivity index (χ0) is 27.2. The molecule has 2 heteroatoms. The van der Waals surface area contributed by atoms with E-state index in [9.17, 15) is 0 Å². The fourth-order valence-electron chi connectivity index (χ4n) is 6.16. The van der Waals surface area contributed by atoms with Gasteiger partial charge in [0.2, 0.25) is 0 Å². The standard InChI is InChI=1S/C36H72O2/c1-3-5-7-9-11-13-15-17-19-21-23-25-31-37-33-35-27-29-36(30-28-35)34-38-32-26-24-22-20-18-16-14-12-10-8-6-4-2/h35-36H,3-34H2,1-2H3. The van der Waals surface area contributed by atoms with Crippen LogP contribution in [0.25, 0.3) is 0 Å². The summed E-state index contributed by atoms with van der Waals surface area (Å²) in [6.45, 7) is 8.58. The van der Waals surface area contributed by atoms with Gasteiger partial charge in [-0.3, -0.25) is 0 Å². The summed E-state index contributed by atoms with van der Waals surface area (Å²) >= 11 is 0. The molecule has 2 nitrogen and oxygen atoms in total. The molecule has 0 aromatic heterocycles. The van der Waals surface area contributed by atoms with Gasteiger partial charge >= 0.3 is 0 Å². The number of rotatable bonds is 30. The van der Waals surface area contributed by atoms with Crippen LogP contribution in [0.15, 0.2) is 0 Å². The Balaban J connectivity index is 1.75. The predicted octanol–water partition coefficient (Wildman–Crippen LogP) is 12.2. The summed E-state index contributed by atoms with van der Waals surface area (Å²) in [5.41, 5.74) is 0. The first-order chi connectivity index (χ1) is 18.9. The first kappa shape index (κ1) is 35.9. The summed E-state index contributed by atoms with van der Waals surface area (Å²) in [7, 11) is 0. The summed E-state index contributed by atoms with van der Waals surface area (Å²) in [5.74, 6) is 1.61. The van der Waals surface area contributed by atoms with Crippen LogP contribution < -0.4 is 0 Å². The second kappa shape index (κ2) is 29.9. The monoisotopic (exact) mass is 537 g/mol. The summed E-state index contributed by atoms with van der Waals surface area (Å²) in [5, 5.41) is 0. The third kappa shape index (κ3) is 24.9. The second-order valence-corrected chi connectivity index (χ2v) is 12.8. The fraction of sp³-hybridized carbons (Fsp3) is 1.00. The van der Waals surface area contributed by atoms with Crippen molar-refractivity contribution in [3.05, 3.63) is 0 Å². The van der Waals surface area contributed by atoms with E-state index in [4.69, 9.17) is 9.47 Å². The SMILES string of the molecule is CCCCCCCCCCCCCCOCC1CCC(COCCCCCCCCCCCCCC)CC1. The number of unbranched alkanes of at least 4 members (excludes halogenated alkanes) is 22. The molecule has 1 saturated carbocycles. The molecule has 0 heterocycles. The lowest BCUT2D eigenvalue weighted by atomic mass is 9.83. The molecule has 0 aromatic carbocycles. The highest BCUT2D eigenvalue weighted by Crippen LogP contribution is 2.29. The van der Waals surface area contributed by atoms with E-state index in [2.05, 4.69) is 13.8 Å². The molecule has 1 aliphatic rings. The third-order valence-electron chi connectivity index (χ3n) is 8.96. The zero-order valence-corrected chi connectivity index (χ0v) is 26.6. The molecule has 0 aromatic rings. The van der Waals surface area contributed by atoms with Gasteiger partial charge in [-0.05, 0) is 50.4 Å². The molecule has 1 fully saturated rings. The quantitative estimate of drug-likeness (QED) is 0.0850. The van der Waals surface area contributed by atoms with Crippen LogP contribution in [0.4, 0.5) is 0 Å². The van der Waals surface area contributed by atoms with E-state index in [-0.39, 0.29) is 0 Å². The Labute approximate surface area is 241 Å². The maximum Gasteiger partial charge on any atom is 0.0494 e. The Morgan fingerprint density at radius 3 is 0.842 bits per heavy atom.